The molecule has 0 bridgehead atoms. The molecule has 0 spiro atoms. The zero-order valence-corrected chi connectivity index (χ0v) is 15.0. The van der Waals surface area contributed by atoms with E-state index in [0.717, 1.165) is 41.9 Å². The van der Waals surface area contributed by atoms with E-state index in [-0.39, 0.29) is 0 Å². The van der Waals surface area contributed by atoms with Gasteiger partial charge in [-0.1, -0.05) is 40.5 Å². The van der Waals surface area contributed by atoms with Gasteiger partial charge in [-0.15, -0.1) is 0 Å². The molecule has 2 atom stereocenters. The first kappa shape index (κ1) is 17.3. The van der Waals surface area contributed by atoms with Gasteiger partial charge in [0.15, 0.2) is 0 Å². The second-order valence-corrected chi connectivity index (χ2v) is 7.14. The average molecular weight is 375 g/mol. The molecule has 0 amide bonds. The number of rotatable bonds is 7. The fraction of sp³-hybridized carbons (Fsp3) is 0.647. The number of hydrogen-bond donors (Lipinski definition) is 1. The lowest BCUT2D eigenvalue weighted by atomic mass is 9.96. The van der Waals surface area contributed by atoms with Crippen LogP contribution in [-0.2, 0) is 11.2 Å². The summed E-state index contributed by atoms with van der Waals surface area (Å²) in [6.45, 7) is 4.17. The molecule has 2 nitrogen and oxygen atoms in total. The van der Waals surface area contributed by atoms with Gasteiger partial charge in [0.2, 0.25) is 0 Å². The molecule has 1 aliphatic heterocycles. The Balaban J connectivity index is 1.97. The maximum absolute atomic E-state index is 6.36. The van der Waals surface area contributed by atoms with E-state index in [1.807, 2.05) is 6.07 Å². The summed E-state index contributed by atoms with van der Waals surface area (Å²) in [6, 6.07) is 6.60. The van der Waals surface area contributed by atoms with Crippen molar-refractivity contribution in [1.29, 1.82) is 0 Å². The first-order chi connectivity index (χ1) is 10.2. The molecule has 1 aliphatic rings. The summed E-state index contributed by atoms with van der Waals surface area (Å²) in [5.41, 5.74) is 1.21. The van der Waals surface area contributed by atoms with Gasteiger partial charge in [-0.2, -0.15) is 0 Å². The molecule has 1 aromatic carbocycles. The van der Waals surface area contributed by atoms with E-state index in [9.17, 15) is 0 Å². The predicted octanol–water partition coefficient (Wildman–Crippen LogP) is 4.97. The van der Waals surface area contributed by atoms with Crippen LogP contribution < -0.4 is 5.32 Å². The zero-order valence-electron chi connectivity index (χ0n) is 12.7. The fourth-order valence-corrected chi connectivity index (χ4v) is 3.60. The zero-order chi connectivity index (χ0) is 15.1. The van der Waals surface area contributed by atoms with Crippen LogP contribution in [0, 0.1) is 0 Å². The van der Waals surface area contributed by atoms with Crippen LogP contribution >= 0.6 is 27.5 Å². The van der Waals surface area contributed by atoms with Crippen LogP contribution in [0.25, 0.3) is 0 Å². The van der Waals surface area contributed by atoms with Crippen molar-refractivity contribution in [2.24, 2.45) is 0 Å². The van der Waals surface area contributed by atoms with Crippen LogP contribution in [0.4, 0.5) is 0 Å². The number of halogens is 2. The second-order valence-electron chi connectivity index (χ2n) is 5.82. The quantitative estimate of drug-likeness (QED) is 0.727. The number of hydrogen-bond acceptors (Lipinski definition) is 2. The standard InChI is InChI=1S/C17H25BrClNO/c1-2-8-20-15(12-16-5-3-4-9-21-16)10-13-6-7-14(18)11-17(13)19/h6-7,11,15-16,20H,2-5,8-10,12H2,1H3. The Bertz CT molecular complexity index is 435. The molecule has 2 rings (SSSR count). The molecule has 21 heavy (non-hydrogen) atoms. The number of benzene rings is 1. The number of nitrogens with one attached hydrogen (secondary N) is 1. The van der Waals surface area contributed by atoms with E-state index in [1.165, 1.54) is 24.8 Å². The molecule has 0 radical (unpaired) electrons. The lowest BCUT2D eigenvalue weighted by Crippen LogP contribution is -2.36. The Kier molecular flexibility index (Phi) is 7.51. The number of ether oxygens (including phenoxy) is 1. The molecule has 1 N–H and O–H groups in total. The third kappa shape index (κ3) is 5.90. The highest BCUT2D eigenvalue weighted by Gasteiger charge is 2.20. The van der Waals surface area contributed by atoms with Gasteiger partial charge in [0, 0.05) is 22.1 Å². The van der Waals surface area contributed by atoms with Crippen molar-refractivity contribution in [3.8, 4) is 0 Å². The fourth-order valence-electron chi connectivity index (χ4n) is 2.85. The molecule has 1 saturated heterocycles. The summed E-state index contributed by atoms with van der Waals surface area (Å²) in [5.74, 6) is 0. The van der Waals surface area contributed by atoms with Gasteiger partial charge >= 0.3 is 0 Å². The lowest BCUT2D eigenvalue weighted by molar-refractivity contribution is 0.00526. The van der Waals surface area contributed by atoms with Gasteiger partial charge in [0.1, 0.15) is 0 Å². The summed E-state index contributed by atoms with van der Waals surface area (Å²) in [4.78, 5) is 0. The minimum atomic E-state index is 0.405. The molecule has 118 valence electrons. The molecule has 0 aromatic heterocycles. The molecule has 4 heteroatoms. The smallest absolute Gasteiger partial charge is 0.0590 e. The van der Waals surface area contributed by atoms with Crippen molar-refractivity contribution in [3.05, 3.63) is 33.3 Å². The monoisotopic (exact) mass is 373 g/mol. The van der Waals surface area contributed by atoms with Crippen molar-refractivity contribution in [3.63, 3.8) is 0 Å². The first-order valence-corrected chi connectivity index (χ1v) is 9.15. The van der Waals surface area contributed by atoms with E-state index >= 15 is 0 Å². The molecule has 1 heterocycles. The summed E-state index contributed by atoms with van der Waals surface area (Å²) in [5, 5.41) is 4.50. The summed E-state index contributed by atoms with van der Waals surface area (Å²) in [6.07, 6.45) is 7.29. The van der Waals surface area contributed by atoms with Crippen LogP contribution in [0.1, 0.15) is 44.6 Å². The van der Waals surface area contributed by atoms with Gasteiger partial charge in [-0.3, -0.25) is 0 Å². The lowest BCUT2D eigenvalue weighted by Gasteiger charge is -2.28. The molecule has 1 aromatic rings. The largest absolute Gasteiger partial charge is 0.378 e. The van der Waals surface area contributed by atoms with E-state index in [0.29, 0.717) is 12.1 Å². The van der Waals surface area contributed by atoms with Crippen LogP contribution in [0.3, 0.4) is 0 Å². The van der Waals surface area contributed by atoms with Crippen LogP contribution in [0.5, 0.6) is 0 Å². The Labute approximate surface area is 141 Å². The Morgan fingerprint density at radius 3 is 2.95 bits per heavy atom. The van der Waals surface area contributed by atoms with Crippen molar-refractivity contribution in [1.82, 2.24) is 5.32 Å². The minimum Gasteiger partial charge on any atom is -0.378 e. The first-order valence-electron chi connectivity index (χ1n) is 7.98. The predicted molar refractivity (Wildman–Crippen MR) is 93.1 cm³/mol. The summed E-state index contributed by atoms with van der Waals surface area (Å²) < 4.78 is 6.93. The van der Waals surface area contributed by atoms with Gasteiger partial charge in [0.05, 0.1) is 6.10 Å². The van der Waals surface area contributed by atoms with E-state index in [4.69, 9.17) is 16.3 Å². The molecule has 0 aliphatic carbocycles. The van der Waals surface area contributed by atoms with Gasteiger partial charge < -0.3 is 10.1 Å². The minimum absolute atomic E-state index is 0.405. The highest BCUT2D eigenvalue weighted by atomic mass is 79.9. The molecule has 1 fully saturated rings. The Hall–Kier alpha value is -0.0900. The van der Waals surface area contributed by atoms with E-state index in [2.05, 4.69) is 40.3 Å². The average Bonchev–Trinajstić information content (AvgIpc) is 2.48. The molecular formula is C17H25BrClNO. The van der Waals surface area contributed by atoms with Crippen LogP contribution in [0.15, 0.2) is 22.7 Å². The maximum Gasteiger partial charge on any atom is 0.0590 e. The van der Waals surface area contributed by atoms with Gasteiger partial charge in [-0.25, -0.2) is 0 Å². The maximum atomic E-state index is 6.36. The van der Waals surface area contributed by atoms with Crippen molar-refractivity contribution < 1.29 is 4.74 Å². The van der Waals surface area contributed by atoms with E-state index in [1.54, 1.807) is 0 Å². The second kappa shape index (κ2) is 9.14. The van der Waals surface area contributed by atoms with Crippen molar-refractivity contribution in [2.45, 2.75) is 57.6 Å². The normalized spacial score (nSPS) is 20.4. The Morgan fingerprint density at radius 1 is 1.43 bits per heavy atom. The molecule has 2 unspecified atom stereocenters. The van der Waals surface area contributed by atoms with Crippen molar-refractivity contribution >= 4 is 27.5 Å². The third-order valence-electron chi connectivity index (χ3n) is 3.99. The molecular weight excluding hydrogens is 350 g/mol. The van der Waals surface area contributed by atoms with E-state index < -0.39 is 0 Å². The third-order valence-corrected chi connectivity index (χ3v) is 4.83. The highest BCUT2D eigenvalue weighted by molar-refractivity contribution is 9.10. The molecule has 0 saturated carbocycles. The van der Waals surface area contributed by atoms with Crippen LogP contribution in [-0.4, -0.2) is 25.3 Å². The van der Waals surface area contributed by atoms with Gasteiger partial charge in [-0.05, 0) is 62.8 Å². The van der Waals surface area contributed by atoms with Crippen molar-refractivity contribution in [2.75, 3.05) is 13.2 Å². The summed E-state index contributed by atoms with van der Waals surface area (Å²) in [7, 11) is 0. The topological polar surface area (TPSA) is 21.3 Å². The summed E-state index contributed by atoms with van der Waals surface area (Å²) >= 11 is 9.83. The van der Waals surface area contributed by atoms with Crippen LogP contribution in [0.2, 0.25) is 5.02 Å². The SMILES string of the molecule is CCCNC(Cc1ccc(Br)cc1Cl)CC1CCCCO1. The Morgan fingerprint density at radius 2 is 2.29 bits per heavy atom. The highest BCUT2D eigenvalue weighted by Crippen LogP contribution is 2.24. The van der Waals surface area contributed by atoms with Gasteiger partial charge in [0.25, 0.3) is 0 Å².